The largest absolute Gasteiger partial charge is 0.330 e. The lowest BCUT2D eigenvalue weighted by Gasteiger charge is -2.17. The van der Waals surface area contributed by atoms with Gasteiger partial charge >= 0.3 is 0 Å². The average Bonchev–Trinajstić information content (AvgIpc) is 2.80. The molecule has 1 amide bonds. The lowest BCUT2D eigenvalue weighted by Crippen LogP contribution is -2.29. The SMILES string of the molecule is Cc1ccc(NC(=O)[C@@H]2CCC[C@@H]2CN)cc1. The van der Waals surface area contributed by atoms with E-state index in [0.717, 1.165) is 24.9 Å². The summed E-state index contributed by atoms with van der Waals surface area (Å²) >= 11 is 0. The van der Waals surface area contributed by atoms with Crippen LogP contribution in [0.4, 0.5) is 5.69 Å². The summed E-state index contributed by atoms with van der Waals surface area (Å²) in [5.41, 5.74) is 7.77. The molecule has 2 atom stereocenters. The molecule has 0 radical (unpaired) electrons. The molecule has 0 spiro atoms. The Bertz CT molecular complexity index is 386. The standard InChI is InChI=1S/C14H20N2O/c1-10-5-7-12(8-6-10)16-14(17)13-4-2-3-11(13)9-15/h5-8,11,13H,2-4,9,15H2,1H3,(H,16,17)/t11-,13-/m1/s1. The molecule has 3 N–H and O–H groups in total. The molecule has 1 aliphatic carbocycles. The van der Waals surface area contributed by atoms with Gasteiger partial charge in [-0.3, -0.25) is 4.79 Å². The van der Waals surface area contributed by atoms with Gasteiger partial charge in [0.25, 0.3) is 0 Å². The van der Waals surface area contributed by atoms with Gasteiger partial charge in [0.1, 0.15) is 0 Å². The van der Waals surface area contributed by atoms with Gasteiger partial charge in [0.05, 0.1) is 0 Å². The van der Waals surface area contributed by atoms with E-state index in [2.05, 4.69) is 5.32 Å². The third kappa shape index (κ3) is 2.86. The number of carbonyl (C=O) groups excluding carboxylic acids is 1. The highest BCUT2D eigenvalue weighted by Crippen LogP contribution is 2.31. The van der Waals surface area contributed by atoms with Gasteiger partial charge in [-0.1, -0.05) is 24.1 Å². The van der Waals surface area contributed by atoms with E-state index < -0.39 is 0 Å². The van der Waals surface area contributed by atoms with Gasteiger partial charge in [0.15, 0.2) is 0 Å². The third-order valence-corrected chi connectivity index (χ3v) is 3.62. The number of hydrogen-bond donors (Lipinski definition) is 2. The minimum absolute atomic E-state index is 0.0984. The molecular formula is C14H20N2O. The zero-order valence-corrected chi connectivity index (χ0v) is 10.3. The van der Waals surface area contributed by atoms with E-state index >= 15 is 0 Å². The van der Waals surface area contributed by atoms with Crippen LogP contribution in [0.3, 0.4) is 0 Å². The fourth-order valence-electron chi connectivity index (χ4n) is 2.54. The second kappa shape index (κ2) is 5.32. The Kier molecular flexibility index (Phi) is 3.79. The topological polar surface area (TPSA) is 55.1 Å². The maximum atomic E-state index is 12.1. The molecule has 0 aromatic heterocycles. The first-order valence-electron chi connectivity index (χ1n) is 6.28. The number of carbonyl (C=O) groups is 1. The summed E-state index contributed by atoms with van der Waals surface area (Å²) in [5, 5.41) is 2.98. The molecule has 3 heteroatoms. The zero-order chi connectivity index (χ0) is 12.3. The van der Waals surface area contributed by atoms with Gasteiger partial charge in [-0.2, -0.15) is 0 Å². The van der Waals surface area contributed by atoms with E-state index in [1.165, 1.54) is 5.56 Å². The minimum Gasteiger partial charge on any atom is -0.330 e. The fraction of sp³-hybridized carbons (Fsp3) is 0.500. The number of amides is 1. The Labute approximate surface area is 102 Å². The van der Waals surface area contributed by atoms with Crippen LogP contribution in [0.25, 0.3) is 0 Å². The number of benzene rings is 1. The predicted octanol–water partition coefficient (Wildman–Crippen LogP) is 2.31. The van der Waals surface area contributed by atoms with Gasteiger partial charge in [0.2, 0.25) is 5.91 Å². The van der Waals surface area contributed by atoms with Crippen molar-refractivity contribution in [2.45, 2.75) is 26.2 Å². The third-order valence-electron chi connectivity index (χ3n) is 3.62. The number of anilines is 1. The second-order valence-corrected chi connectivity index (χ2v) is 4.89. The van der Waals surface area contributed by atoms with Crippen molar-refractivity contribution in [3.63, 3.8) is 0 Å². The van der Waals surface area contributed by atoms with Gasteiger partial charge in [-0.15, -0.1) is 0 Å². The molecule has 0 aliphatic heterocycles. The van der Waals surface area contributed by atoms with Crippen LogP contribution >= 0.6 is 0 Å². The molecule has 1 fully saturated rings. The van der Waals surface area contributed by atoms with E-state index in [0.29, 0.717) is 12.5 Å². The van der Waals surface area contributed by atoms with Crippen LogP contribution in [0.5, 0.6) is 0 Å². The van der Waals surface area contributed by atoms with Crippen molar-refractivity contribution in [1.82, 2.24) is 0 Å². The summed E-state index contributed by atoms with van der Waals surface area (Å²) in [4.78, 5) is 12.1. The number of nitrogens with one attached hydrogen (secondary N) is 1. The van der Waals surface area contributed by atoms with Crippen molar-refractivity contribution in [3.8, 4) is 0 Å². The molecule has 92 valence electrons. The lowest BCUT2D eigenvalue weighted by atomic mass is 9.95. The van der Waals surface area contributed by atoms with Gasteiger partial charge in [-0.05, 0) is 44.4 Å². The van der Waals surface area contributed by atoms with E-state index in [1.54, 1.807) is 0 Å². The van der Waals surface area contributed by atoms with Crippen LogP contribution in [-0.4, -0.2) is 12.5 Å². The summed E-state index contributed by atoms with van der Waals surface area (Å²) in [5.74, 6) is 0.587. The van der Waals surface area contributed by atoms with E-state index in [1.807, 2.05) is 31.2 Å². The quantitative estimate of drug-likeness (QED) is 0.840. The Hall–Kier alpha value is -1.35. The number of hydrogen-bond acceptors (Lipinski definition) is 2. The molecule has 0 bridgehead atoms. The number of nitrogens with two attached hydrogens (primary N) is 1. The summed E-state index contributed by atoms with van der Waals surface area (Å²) < 4.78 is 0. The average molecular weight is 232 g/mol. The minimum atomic E-state index is 0.0984. The van der Waals surface area contributed by atoms with Crippen LogP contribution in [0.1, 0.15) is 24.8 Å². The number of rotatable bonds is 3. The monoisotopic (exact) mass is 232 g/mol. The van der Waals surface area contributed by atoms with Crippen LogP contribution in [0.15, 0.2) is 24.3 Å². The molecule has 1 aromatic carbocycles. The molecular weight excluding hydrogens is 212 g/mol. The highest BCUT2D eigenvalue weighted by molar-refractivity contribution is 5.92. The van der Waals surface area contributed by atoms with Crippen molar-refractivity contribution in [2.24, 2.45) is 17.6 Å². The molecule has 1 aliphatic rings. The first kappa shape index (κ1) is 12.1. The van der Waals surface area contributed by atoms with E-state index in [9.17, 15) is 4.79 Å². The van der Waals surface area contributed by atoms with Crippen molar-refractivity contribution >= 4 is 11.6 Å². The van der Waals surface area contributed by atoms with E-state index in [4.69, 9.17) is 5.73 Å². The Morgan fingerprint density at radius 2 is 2.06 bits per heavy atom. The first-order chi connectivity index (χ1) is 8.20. The molecule has 1 aromatic rings. The second-order valence-electron chi connectivity index (χ2n) is 4.89. The van der Waals surface area contributed by atoms with Gasteiger partial charge in [0, 0.05) is 11.6 Å². The highest BCUT2D eigenvalue weighted by Gasteiger charge is 2.31. The van der Waals surface area contributed by atoms with Crippen LogP contribution in [-0.2, 0) is 4.79 Å². The molecule has 1 saturated carbocycles. The fourth-order valence-corrected chi connectivity index (χ4v) is 2.54. The highest BCUT2D eigenvalue weighted by atomic mass is 16.1. The maximum absolute atomic E-state index is 12.1. The molecule has 0 unspecified atom stereocenters. The Morgan fingerprint density at radius 3 is 2.71 bits per heavy atom. The van der Waals surface area contributed by atoms with Crippen LogP contribution < -0.4 is 11.1 Å². The first-order valence-corrected chi connectivity index (χ1v) is 6.28. The normalized spacial score (nSPS) is 23.6. The Morgan fingerprint density at radius 1 is 1.35 bits per heavy atom. The van der Waals surface area contributed by atoms with Crippen LogP contribution in [0.2, 0.25) is 0 Å². The van der Waals surface area contributed by atoms with E-state index in [-0.39, 0.29) is 11.8 Å². The molecule has 0 saturated heterocycles. The summed E-state index contributed by atoms with van der Waals surface area (Å²) in [6.45, 7) is 2.65. The van der Waals surface area contributed by atoms with Crippen molar-refractivity contribution in [2.75, 3.05) is 11.9 Å². The molecule has 0 heterocycles. The van der Waals surface area contributed by atoms with Crippen molar-refractivity contribution in [1.29, 1.82) is 0 Å². The smallest absolute Gasteiger partial charge is 0.227 e. The predicted molar refractivity (Wildman–Crippen MR) is 69.7 cm³/mol. The number of aryl methyl sites for hydroxylation is 1. The van der Waals surface area contributed by atoms with Crippen molar-refractivity contribution < 1.29 is 4.79 Å². The summed E-state index contributed by atoms with van der Waals surface area (Å²) in [6.07, 6.45) is 3.18. The van der Waals surface area contributed by atoms with Crippen molar-refractivity contribution in [3.05, 3.63) is 29.8 Å². The molecule has 3 nitrogen and oxygen atoms in total. The van der Waals surface area contributed by atoms with Crippen LogP contribution in [0, 0.1) is 18.8 Å². The molecule has 17 heavy (non-hydrogen) atoms. The Balaban J connectivity index is 1.99. The summed E-state index contributed by atoms with van der Waals surface area (Å²) in [6, 6.07) is 7.90. The molecule has 2 rings (SSSR count). The zero-order valence-electron chi connectivity index (χ0n) is 10.3. The summed E-state index contributed by atoms with van der Waals surface area (Å²) in [7, 11) is 0. The van der Waals surface area contributed by atoms with Gasteiger partial charge in [-0.25, -0.2) is 0 Å². The lowest BCUT2D eigenvalue weighted by molar-refractivity contribution is -0.120. The maximum Gasteiger partial charge on any atom is 0.227 e. The van der Waals surface area contributed by atoms with Gasteiger partial charge < -0.3 is 11.1 Å².